The molecule has 0 aliphatic carbocycles. The first kappa shape index (κ1) is 46.2. The van der Waals surface area contributed by atoms with Crippen molar-refractivity contribution in [2.45, 2.75) is 63.7 Å². The van der Waals surface area contributed by atoms with E-state index >= 15 is 4.39 Å². The van der Waals surface area contributed by atoms with Gasteiger partial charge >= 0.3 is 29.8 Å². The zero-order valence-corrected chi connectivity index (χ0v) is 36.1. The predicted octanol–water partition coefficient (Wildman–Crippen LogP) is 8.51. The topological polar surface area (TPSA) is 159 Å². The SMILES string of the molecule is COc1ccc(Cc2ccc(COC(C)=O)cc2O[C@@H]2O[C@H]([C@H](C)OC(=O)c3ccccc3)[C@@H](OC(=O)c3ccccc3)[C@H](OC(=O)c3ccccc3)[C@H]2OC(=O)c2ccccc2)c(F)c1. The van der Waals surface area contributed by atoms with Gasteiger partial charge in [0.1, 0.15) is 36.1 Å². The summed E-state index contributed by atoms with van der Waals surface area (Å²) in [7, 11) is 1.42. The van der Waals surface area contributed by atoms with Crippen molar-refractivity contribution in [3.8, 4) is 11.5 Å². The molecule has 0 saturated carbocycles. The van der Waals surface area contributed by atoms with Gasteiger partial charge in [-0.25, -0.2) is 23.6 Å². The fourth-order valence-electron chi connectivity index (χ4n) is 7.14. The summed E-state index contributed by atoms with van der Waals surface area (Å²) in [4.78, 5) is 67.8. The number of ether oxygens (including phenoxy) is 8. The Morgan fingerprint density at radius 3 is 1.58 bits per heavy atom. The molecule has 13 nitrogen and oxygen atoms in total. The van der Waals surface area contributed by atoms with E-state index in [4.69, 9.17) is 37.9 Å². The highest BCUT2D eigenvalue weighted by molar-refractivity contribution is 5.91. The average Bonchev–Trinajstić information content (AvgIpc) is 3.34. The molecular weight excluding hydrogens is 852 g/mol. The second kappa shape index (κ2) is 21.7. The first-order valence-corrected chi connectivity index (χ1v) is 20.9. The molecule has 6 aromatic carbocycles. The van der Waals surface area contributed by atoms with Crippen molar-refractivity contribution < 1.29 is 66.3 Å². The van der Waals surface area contributed by atoms with E-state index in [1.807, 2.05) is 0 Å². The summed E-state index contributed by atoms with van der Waals surface area (Å²) < 4.78 is 64.0. The maximum Gasteiger partial charge on any atom is 0.338 e. The van der Waals surface area contributed by atoms with Crippen LogP contribution in [0.25, 0.3) is 0 Å². The first-order chi connectivity index (χ1) is 32.0. The van der Waals surface area contributed by atoms with Crippen LogP contribution in [0.5, 0.6) is 11.5 Å². The number of benzene rings is 6. The third-order valence-corrected chi connectivity index (χ3v) is 10.5. The van der Waals surface area contributed by atoms with Gasteiger partial charge in [-0.05, 0) is 84.3 Å². The molecule has 0 bridgehead atoms. The molecule has 0 aromatic heterocycles. The van der Waals surface area contributed by atoms with Gasteiger partial charge in [0.2, 0.25) is 12.4 Å². The highest BCUT2D eigenvalue weighted by Gasteiger charge is 2.56. The molecule has 1 heterocycles. The van der Waals surface area contributed by atoms with E-state index in [0.29, 0.717) is 16.9 Å². The molecule has 6 atom stereocenters. The highest BCUT2D eigenvalue weighted by Crippen LogP contribution is 2.36. The van der Waals surface area contributed by atoms with Gasteiger partial charge < -0.3 is 37.9 Å². The van der Waals surface area contributed by atoms with Gasteiger partial charge in [-0.1, -0.05) is 91.0 Å². The largest absolute Gasteiger partial charge is 0.497 e. The minimum atomic E-state index is -1.73. The van der Waals surface area contributed by atoms with E-state index in [2.05, 4.69) is 0 Å². The van der Waals surface area contributed by atoms with Crippen LogP contribution in [0.4, 0.5) is 4.39 Å². The second-order valence-electron chi connectivity index (χ2n) is 15.1. The zero-order chi connectivity index (χ0) is 46.6. The number of carbonyl (C=O) groups is 5. The van der Waals surface area contributed by atoms with E-state index in [0.717, 1.165) is 0 Å². The van der Waals surface area contributed by atoms with Crippen LogP contribution in [0.3, 0.4) is 0 Å². The van der Waals surface area contributed by atoms with Crippen LogP contribution in [-0.2, 0) is 46.2 Å². The molecule has 0 N–H and O–H groups in total. The van der Waals surface area contributed by atoms with Crippen LogP contribution in [0.2, 0.25) is 0 Å². The summed E-state index contributed by atoms with van der Waals surface area (Å²) in [6.45, 7) is 2.57. The van der Waals surface area contributed by atoms with Crippen LogP contribution in [0.1, 0.15) is 72.0 Å². The molecule has 1 fully saturated rings. The third kappa shape index (κ3) is 11.6. The molecule has 0 unspecified atom stereocenters. The summed E-state index contributed by atoms with van der Waals surface area (Å²) in [5.74, 6) is -4.17. The smallest absolute Gasteiger partial charge is 0.338 e. The number of esters is 5. The molecule has 338 valence electrons. The summed E-state index contributed by atoms with van der Waals surface area (Å²) in [6, 6.07) is 41.3. The molecule has 0 amide bonds. The van der Waals surface area contributed by atoms with E-state index in [1.165, 1.54) is 63.4 Å². The van der Waals surface area contributed by atoms with Crippen molar-refractivity contribution in [3.63, 3.8) is 0 Å². The molecule has 1 aliphatic rings. The minimum Gasteiger partial charge on any atom is -0.497 e. The maximum atomic E-state index is 15.5. The molecule has 1 aliphatic heterocycles. The molecule has 14 heteroatoms. The van der Waals surface area contributed by atoms with Gasteiger partial charge in [-0.3, -0.25) is 4.79 Å². The van der Waals surface area contributed by atoms with Crippen molar-refractivity contribution in [2.75, 3.05) is 7.11 Å². The van der Waals surface area contributed by atoms with Crippen molar-refractivity contribution in [3.05, 3.63) is 202 Å². The van der Waals surface area contributed by atoms with Gasteiger partial charge in [-0.15, -0.1) is 0 Å². The van der Waals surface area contributed by atoms with E-state index in [1.54, 1.807) is 115 Å². The lowest BCUT2D eigenvalue weighted by Crippen LogP contribution is -2.65. The molecule has 7 rings (SSSR count). The fraction of sp³-hybridized carbons (Fsp3) is 0.212. The van der Waals surface area contributed by atoms with Crippen molar-refractivity contribution >= 4 is 29.8 Å². The van der Waals surface area contributed by atoms with Crippen LogP contribution >= 0.6 is 0 Å². The number of hydrogen-bond donors (Lipinski definition) is 0. The Hall–Kier alpha value is -7.84. The lowest BCUT2D eigenvalue weighted by molar-refractivity contribution is -0.284. The summed E-state index contributed by atoms with van der Waals surface area (Å²) >= 11 is 0. The van der Waals surface area contributed by atoms with Gasteiger partial charge in [0, 0.05) is 19.4 Å². The van der Waals surface area contributed by atoms with E-state index in [9.17, 15) is 24.0 Å². The molecule has 0 radical (unpaired) electrons. The summed E-state index contributed by atoms with van der Waals surface area (Å²) in [6.07, 6.45) is -9.61. The third-order valence-electron chi connectivity index (χ3n) is 10.5. The van der Waals surface area contributed by atoms with Crippen molar-refractivity contribution in [1.82, 2.24) is 0 Å². The molecule has 66 heavy (non-hydrogen) atoms. The summed E-state index contributed by atoms with van der Waals surface area (Å²) in [5.41, 5.74) is 1.64. The molecular formula is C52H45FO13. The average molecular weight is 897 g/mol. The predicted molar refractivity (Wildman–Crippen MR) is 235 cm³/mol. The number of hydrogen-bond acceptors (Lipinski definition) is 13. The van der Waals surface area contributed by atoms with Gasteiger partial charge in [0.15, 0.2) is 12.2 Å². The minimum absolute atomic E-state index is 0.0432. The molecule has 1 saturated heterocycles. The Bertz CT molecular complexity index is 2630. The Kier molecular flexibility index (Phi) is 15.2. The lowest BCUT2D eigenvalue weighted by Gasteiger charge is -2.45. The van der Waals surface area contributed by atoms with E-state index < -0.39 is 72.5 Å². The van der Waals surface area contributed by atoms with Crippen molar-refractivity contribution in [2.24, 2.45) is 0 Å². The molecule has 6 aromatic rings. The normalized spacial score (nSPS) is 18.2. The van der Waals surface area contributed by atoms with Crippen molar-refractivity contribution in [1.29, 1.82) is 0 Å². The first-order valence-electron chi connectivity index (χ1n) is 20.9. The zero-order valence-electron chi connectivity index (χ0n) is 36.1. The Morgan fingerprint density at radius 1 is 0.591 bits per heavy atom. The van der Waals surface area contributed by atoms with Crippen LogP contribution in [0.15, 0.2) is 158 Å². The Morgan fingerprint density at radius 2 is 1.08 bits per heavy atom. The van der Waals surface area contributed by atoms with Gasteiger partial charge in [0.05, 0.1) is 29.4 Å². The monoisotopic (exact) mass is 896 g/mol. The number of rotatable bonds is 16. The maximum absolute atomic E-state index is 15.5. The van der Waals surface area contributed by atoms with Gasteiger partial charge in [0.25, 0.3) is 0 Å². The summed E-state index contributed by atoms with van der Waals surface area (Å²) in [5, 5.41) is 0. The lowest BCUT2D eigenvalue weighted by atomic mass is 9.94. The van der Waals surface area contributed by atoms with Crippen LogP contribution in [-0.4, -0.2) is 73.8 Å². The Balaban J connectivity index is 1.37. The van der Waals surface area contributed by atoms with Crippen LogP contribution in [0, 0.1) is 5.82 Å². The van der Waals surface area contributed by atoms with E-state index in [-0.39, 0.29) is 46.6 Å². The standard InChI is InChI=1S/C52H45FO13/c1-32(61-48(55)35-16-8-4-9-17-35)44-45(63-49(56)36-18-10-5-11-19-36)46(64-50(57)37-20-12-6-13-21-37)47(65-51(58)38-22-14-7-15-23-38)52(66-44)62-43-28-34(31-60-33(2)54)24-25-40(43)29-39-26-27-41(59-3)30-42(39)53/h4-28,30,32,44-47,52H,29,31H2,1-3H3/t32-,44+,45+,46-,47+,52+/m0/s1. The second-order valence-corrected chi connectivity index (χ2v) is 15.1. The number of methoxy groups -OCH3 is 1. The molecule has 0 spiro atoms. The Labute approximate surface area is 379 Å². The number of halogens is 1. The number of carbonyl (C=O) groups excluding carboxylic acids is 5. The van der Waals surface area contributed by atoms with Crippen LogP contribution < -0.4 is 9.47 Å². The fourth-order valence-corrected chi connectivity index (χ4v) is 7.14. The quantitative estimate of drug-likeness (QED) is 0.0673. The van der Waals surface area contributed by atoms with Gasteiger partial charge in [-0.2, -0.15) is 0 Å². The highest BCUT2D eigenvalue weighted by atomic mass is 19.1.